The molecule has 0 bridgehead atoms. The number of nitrogens with one attached hydrogen (secondary N) is 1. The number of anilines is 1. The van der Waals surface area contributed by atoms with Gasteiger partial charge in [-0.25, -0.2) is 9.18 Å². The Bertz CT molecular complexity index is 1340. The van der Waals surface area contributed by atoms with Crippen LogP contribution in [0.4, 0.5) is 10.1 Å². The second-order valence-electron chi connectivity index (χ2n) is 7.17. The van der Waals surface area contributed by atoms with Gasteiger partial charge in [0, 0.05) is 23.9 Å². The van der Waals surface area contributed by atoms with Crippen LogP contribution in [0.2, 0.25) is 0 Å². The summed E-state index contributed by atoms with van der Waals surface area (Å²) < 4.78 is 25.8. The second kappa shape index (κ2) is 8.50. The smallest absolute Gasteiger partial charge is 0.437 e. The zero-order chi connectivity index (χ0) is 22.8. The number of hydrogen-bond donors (Lipinski definition) is 1. The molecular formula is C24H20FN3O4. The third-order valence-electron chi connectivity index (χ3n) is 5.04. The highest BCUT2D eigenvalue weighted by molar-refractivity contribution is 6.05. The molecule has 0 saturated carbocycles. The molecule has 0 atom stereocenters. The maximum atomic E-state index is 14.1. The number of benzene rings is 3. The summed E-state index contributed by atoms with van der Waals surface area (Å²) in [7, 11) is 3.07. The number of rotatable bonds is 5. The summed E-state index contributed by atoms with van der Waals surface area (Å²) in [5, 5.41) is 6.80. The fourth-order valence-electron chi connectivity index (χ4n) is 3.38. The van der Waals surface area contributed by atoms with Crippen molar-refractivity contribution < 1.29 is 18.3 Å². The van der Waals surface area contributed by atoms with Gasteiger partial charge in [-0.2, -0.15) is 4.68 Å². The van der Waals surface area contributed by atoms with Gasteiger partial charge in [-0.05, 0) is 54.4 Å². The summed E-state index contributed by atoms with van der Waals surface area (Å²) >= 11 is 0. The number of aryl methyl sites for hydroxylation is 2. The highest BCUT2D eigenvalue weighted by Crippen LogP contribution is 2.34. The lowest BCUT2D eigenvalue weighted by molar-refractivity contribution is 0.102. The Labute approximate surface area is 183 Å². The summed E-state index contributed by atoms with van der Waals surface area (Å²) in [5.41, 5.74) is 3.27. The van der Waals surface area contributed by atoms with Crippen LogP contribution in [-0.2, 0) is 7.05 Å². The first-order valence-corrected chi connectivity index (χ1v) is 9.77. The third-order valence-corrected chi connectivity index (χ3v) is 5.04. The Hall–Kier alpha value is -4.20. The Morgan fingerprint density at radius 3 is 2.44 bits per heavy atom. The number of amides is 1. The van der Waals surface area contributed by atoms with Crippen LogP contribution in [0.5, 0.6) is 5.75 Å². The minimum absolute atomic E-state index is 0.0165. The van der Waals surface area contributed by atoms with E-state index in [-0.39, 0.29) is 11.5 Å². The van der Waals surface area contributed by atoms with Gasteiger partial charge in [0.25, 0.3) is 5.91 Å². The van der Waals surface area contributed by atoms with Gasteiger partial charge in [0.1, 0.15) is 11.6 Å². The molecule has 1 amide bonds. The number of carbonyl (C=O) groups is 1. The molecule has 0 radical (unpaired) electrons. The number of aromatic nitrogens is 2. The van der Waals surface area contributed by atoms with Crippen molar-refractivity contribution in [3.63, 3.8) is 0 Å². The van der Waals surface area contributed by atoms with Gasteiger partial charge in [0.05, 0.1) is 12.7 Å². The number of nitrogens with zero attached hydrogens (tertiary/aromatic N) is 2. The maximum absolute atomic E-state index is 14.1. The molecule has 0 fully saturated rings. The SMILES string of the molecule is COc1ccc(-c2nn(C)c(=O)o2)cc1-c1ccc(NC(=O)c2c(C)cccc2F)cc1. The molecule has 0 aliphatic carbocycles. The average Bonchev–Trinajstić information content (AvgIpc) is 3.12. The standard InChI is InChI=1S/C24H20FN3O4/c1-14-5-4-6-19(25)21(14)22(29)26-17-10-7-15(8-11-17)18-13-16(9-12-20(18)31-3)23-27-28(2)24(30)32-23/h4-13H,1-3H3,(H,26,29). The largest absolute Gasteiger partial charge is 0.496 e. The molecule has 7 nitrogen and oxygen atoms in total. The highest BCUT2D eigenvalue weighted by Gasteiger charge is 2.16. The van der Waals surface area contributed by atoms with Crippen molar-refractivity contribution in [3.8, 4) is 28.3 Å². The van der Waals surface area contributed by atoms with Crippen molar-refractivity contribution >= 4 is 11.6 Å². The molecule has 3 aromatic carbocycles. The first kappa shape index (κ1) is 21.0. The van der Waals surface area contributed by atoms with E-state index in [0.717, 1.165) is 15.8 Å². The van der Waals surface area contributed by atoms with Crippen LogP contribution in [-0.4, -0.2) is 22.8 Å². The number of methoxy groups -OCH3 is 1. The predicted molar refractivity (Wildman–Crippen MR) is 118 cm³/mol. The number of carbonyl (C=O) groups excluding carboxylic acids is 1. The molecule has 0 saturated heterocycles. The fourth-order valence-corrected chi connectivity index (χ4v) is 3.38. The van der Waals surface area contributed by atoms with E-state index in [0.29, 0.717) is 22.6 Å². The van der Waals surface area contributed by atoms with E-state index in [1.54, 1.807) is 68.6 Å². The summed E-state index contributed by atoms with van der Waals surface area (Å²) in [6.07, 6.45) is 0. The summed E-state index contributed by atoms with van der Waals surface area (Å²) in [4.78, 5) is 24.1. The van der Waals surface area contributed by atoms with E-state index in [1.807, 2.05) is 0 Å². The molecule has 162 valence electrons. The van der Waals surface area contributed by atoms with Crippen LogP contribution in [0.15, 0.2) is 69.9 Å². The minimum Gasteiger partial charge on any atom is -0.496 e. The fraction of sp³-hybridized carbons (Fsp3) is 0.125. The highest BCUT2D eigenvalue weighted by atomic mass is 19.1. The van der Waals surface area contributed by atoms with Gasteiger partial charge in [0.2, 0.25) is 5.89 Å². The van der Waals surface area contributed by atoms with E-state index >= 15 is 0 Å². The second-order valence-corrected chi connectivity index (χ2v) is 7.17. The van der Waals surface area contributed by atoms with Crippen LogP contribution in [0.25, 0.3) is 22.6 Å². The molecule has 8 heteroatoms. The molecule has 0 aliphatic rings. The van der Waals surface area contributed by atoms with E-state index in [2.05, 4.69) is 10.4 Å². The molecule has 4 rings (SSSR count). The lowest BCUT2D eigenvalue weighted by Crippen LogP contribution is -2.15. The lowest BCUT2D eigenvalue weighted by atomic mass is 10.0. The number of hydrogen-bond acceptors (Lipinski definition) is 5. The van der Waals surface area contributed by atoms with Gasteiger partial charge in [-0.15, -0.1) is 5.10 Å². The first-order chi connectivity index (χ1) is 15.4. The Morgan fingerprint density at radius 1 is 1.09 bits per heavy atom. The van der Waals surface area contributed by atoms with E-state index in [9.17, 15) is 14.0 Å². The van der Waals surface area contributed by atoms with Crippen molar-refractivity contribution in [2.45, 2.75) is 6.92 Å². The van der Waals surface area contributed by atoms with E-state index in [1.165, 1.54) is 13.1 Å². The number of ether oxygens (including phenoxy) is 1. The molecule has 1 heterocycles. The van der Waals surface area contributed by atoms with E-state index < -0.39 is 17.5 Å². The topological polar surface area (TPSA) is 86.4 Å². The van der Waals surface area contributed by atoms with Gasteiger partial charge < -0.3 is 14.5 Å². The minimum atomic E-state index is -0.568. The van der Waals surface area contributed by atoms with Crippen LogP contribution in [0.1, 0.15) is 15.9 Å². The van der Waals surface area contributed by atoms with Gasteiger partial charge in [-0.1, -0.05) is 24.3 Å². The molecule has 0 aliphatic heterocycles. The zero-order valence-electron chi connectivity index (χ0n) is 17.7. The molecule has 0 unspecified atom stereocenters. The van der Waals surface area contributed by atoms with Crippen molar-refractivity contribution in [1.82, 2.24) is 9.78 Å². The van der Waals surface area contributed by atoms with Gasteiger partial charge in [0.15, 0.2) is 0 Å². The molecular weight excluding hydrogens is 413 g/mol. The van der Waals surface area contributed by atoms with Crippen LogP contribution in [0.3, 0.4) is 0 Å². The van der Waals surface area contributed by atoms with Gasteiger partial charge >= 0.3 is 5.76 Å². The van der Waals surface area contributed by atoms with Crippen LogP contribution >= 0.6 is 0 Å². The monoisotopic (exact) mass is 433 g/mol. The van der Waals surface area contributed by atoms with Crippen molar-refractivity contribution in [2.24, 2.45) is 7.05 Å². The third kappa shape index (κ3) is 4.02. The van der Waals surface area contributed by atoms with Crippen molar-refractivity contribution in [3.05, 3.63) is 88.2 Å². The average molecular weight is 433 g/mol. The molecule has 1 N–H and O–H groups in total. The molecule has 32 heavy (non-hydrogen) atoms. The summed E-state index contributed by atoms with van der Waals surface area (Å²) in [6.45, 7) is 1.68. The molecule has 4 aromatic rings. The van der Waals surface area contributed by atoms with Gasteiger partial charge in [-0.3, -0.25) is 4.79 Å². The van der Waals surface area contributed by atoms with Crippen LogP contribution in [0, 0.1) is 12.7 Å². The summed E-state index contributed by atoms with van der Waals surface area (Å²) in [5.74, 6) is -0.821. The zero-order valence-corrected chi connectivity index (χ0v) is 17.7. The molecule has 0 spiro atoms. The Balaban J connectivity index is 1.63. The predicted octanol–water partition coefficient (Wildman–Crippen LogP) is 4.42. The summed E-state index contributed by atoms with van der Waals surface area (Å²) in [6, 6.07) is 16.9. The van der Waals surface area contributed by atoms with Crippen molar-refractivity contribution in [2.75, 3.05) is 12.4 Å². The Morgan fingerprint density at radius 2 is 1.81 bits per heavy atom. The lowest BCUT2D eigenvalue weighted by Gasteiger charge is -2.12. The molecule has 1 aromatic heterocycles. The Kier molecular flexibility index (Phi) is 5.59. The maximum Gasteiger partial charge on any atom is 0.437 e. The first-order valence-electron chi connectivity index (χ1n) is 9.77. The number of halogens is 1. The van der Waals surface area contributed by atoms with E-state index in [4.69, 9.17) is 9.15 Å². The van der Waals surface area contributed by atoms with Crippen LogP contribution < -0.4 is 15.8 Å². The normalized spacial score (nSPS) is 10.8. The quantitative estimate of drug-likeness (QED) is 0.504. The van der Waals surface area contributed by atoms with Crippen molar-refractivity contribution in [1.29, 1.82) is 0 Å².